The Morgan fingerprint density at radius 2 is 1.60 bits per heavy atom. The summed E-state index contributed by atoms with van der Waals surface area (Å²) in [5.74, 6) is -4.50. The summed E-state index contributed by atoms with van der Waals surface area (Å²) in [6.07, 6.45) is 0.888. The van der Waals surface area contributed by atoms with E-state index in [2.05, 4.69) is 0 Å². The number of imide groups is 1. The van der Waals surface area contributed by atoms with E-state index >= 15 is 0 Å². The highest BCUT2D eigenvalue weighted by atomic mass is 16.7. The van der Waals surface area contributed by atoms with Crippen molar-refractivity contribution >= 4 is 35.2 Å². The van der Waals surface area contributed by atoms with Gasteiger partial charge in [0.25, 0.3) is 6.29 Å². The van der Waals surface area contributed by atoms with Crippen LogP contribution in [-0.4, -0.2) is 47.5 Å². The third kappa shape index (κ3) is 2.85. The number of anilines is 1. The number of hydrogen-bond donors (Lipinski definition) is 0. The van der Waals surface area contributed by atoms with Gasteiger partial charge in [0.15, 0.2) is 11.4 Å². The number of benzene rings is 1. The van der Waals surface area contributed by atoms with Gasteiger partial charge in [-0.05, 0) is 37.3 Å². The Hall–Kier alpha value is -3.33. The zero-order chi connectivity index (χ0) is 21.8. The summed E-state index contributed by atoms with van der Waals surface area (Å²) in [5, 5.41) is 0. The molecule has 0 saturated carbocycles. The lowest BCUT2D eigenvalue weighted by molar-refractivity contribution is -0.226. The number of Topliss-reactive ketones (excluding diaryl/α,β-unsaturated/α-hetero) is 1. The van der Waals surface area contributed by atoms with E-state index in [1.165, 1.54) is 37.3 Å². The standard InChI is InChI=1S/C21H19NO8/c1-10(23)13-4-6-14(7-5-13)22-18(26)16-15-8-9-21(30-15,17(16)19(22)27)20(28-11(2)24)29-12(3)25/h4-9,15-17,20H,1-3H3/t15-,16+,17+,21+/m1/s1. The fourth-order valence-electron chi connectivity index (χ4n) is 4.32. The monoisotopic (exact) mass is 413 g/mol. The predicted octanol–water partition coefficient (Wildman–Crippen LogP) is 1.15. The molecular weight excluding hydrogens is 394 g/mol. The number of amides is 2. The van der Waals surface area contributed by atoms with Crippen LogP contribution in [0.2, 0.25) is 0 Å². The topological polar surface area (TPSA) is 116 Å². The lowest BCUT2D eigenvalue weighted by Gasteiger charge is -2.34. The molecule has 3 heterocycles. The van der Waals surface area contributed by atoms with Crippen molar-refractivity contribution in [3.05, 3.63) is 42.0 Å². The number of carbonyl (C=O) groups is 5. The zero-order valence-corrected chi connectivity index (χ0v) is 16.5. The average molecular weight is 413 g/mol. The second-order valence-electron chi connectivity index (χ2n) is 7.46. The summed E-state index contributed by atoms with van der Waals surface area (Å²) in [6, 6.07) is 6.11. The van der Waals surface area contributed by atoms with Crippen LogP contribution in [0, 0.1) is 11.8 Å². The predicted molar refractivity (Wildman–Crippen MR) is 100.0 cm³/mol. The molecule has 3 aliphatic rings. The first-order valence-corrected chi connectivity index (χ1v) is 9.36. The minimum absolute atomic E-state index is 0.141. The SMILES string of the molecule is CC(=O)OC(OC(C)=O)[C@@]12C=C[C@@H](O1)[C@@H]1C(=O)N(c3ccc(C(C)=O)cc3)C(=O)[C@H]12. The highest BCUT2D eigenvalue weighted by molar-refractivity contribution is 6.23. The molecule has 0 radical (unpaired) electrons. The van der Waals surface area contributed by atoms with Crippen LogP contribution in [0.15, 0.2) is 36.4 Å². The van der Waals surface area contributed by atoms with E-state index in [4.69, 9.17) is 14.2 Å². The van der Waals surface area contributed by atoms with Crippen LogP contribution in [-0.2, 0) is 33.4 Å². The van der Waals surface area contributed by atoms with E-state index in [-0.39, 0.29) is 5.78 Å². The minimum Gasteiger partial charge on any atom is -0.422 e. The molecule has 2 fully saturated rings. The van der Waals surface area contributed by atoms with Crippen molar-refractivity contribution in [3.8, 4) is 0 Å². The number of ketones is 1. The van der Waals surface area contributed by atoms with Crippen molar-refractivity contribution in [2.45, 2.75) is 38.8 Å². The molecule has 0 spiro atoms. The molecule has 1 aromatic rings. The van der Waals surface area contributed by atoms with Gasteiger partial charge < -0.3 is 14.2 Å². The van der Waals surface area contributed by atoms with Crippen LogP contribution in [0.25, 0.3) is 0 Å². The molecule has 2 saturated heterocycles. The highest BCUT2D eigenvalue weighted by Crippen LogP contribution is 2.54. The number of nitrogens with zero attached hydrogens (tertiary/aromatic N) is 1. The lowest BCUT2D eigenvalue weighted by atomic mass is 9.76. The van der Waals surface area contributed by atoms with Gasteiger partial charge in [0, 0.05) is 19.4 Å². The first-order chi connectivity index (χ1) is 14.2. The van der Waals surface area contributed by atoms with E-state index in [1.54, 1.807) is 6.08 Å². The van der Waals surface area contributed by atoms with E-state index in [0.717, 1.165) is 18.7 Å². The number of hydrogen-bond acceptors (Lipinski definition) is 8. The maximum Gasteiger partial charge on any atom is 0.305 e. The smallest absolute Gasteiger partial charge is 0.305 e. The molecule has 156 valence electrons. The first kappa shape index (κ1) is 20.0. The van der Waals surface area contributed by atoms with Gasteiger partial charge in [0.2, 0.25) is 11.8 Å². The van der Waals surface area contributed by atoms with Crippen molar-refractivity contribution < 1.29 is 38.2 Å². The molecular formula is C21H19NO8. The van der Waals surface area contributed by atoms with Crippen LogP contribution in [0.4, 0.5) is 5.69 Å². The molecule has 2 amide bonds. The van der Waals surface area contributed by atoms with Gasteiger partial charge in [-0.25, -0.2) is 4.90 Å². The van der Waals surface area contributed by atoms with Gasteiger partial charge in [0.05, 0.1) is 23.6 Å². The Kier molecular flexibility index (Phi) is 4.58. The van der Waals surface area contributed by atoms with Crippen molar-refractivity contribution in [2.75, 3.05) is 4.90 Å². The molecule has 0 aromatic heterocycles. The van der Waals surface area contributed by atoms with E-state index < -0.39 is 53.6 Å². The largest absolute Gasteiger partial charge is 0.422 e. The van der Waals surface area contributed by atoms with Gasteiger partial charge in [-0.1, -0.05) is 6.08 Å². The van der Waals surface area contributed by atoms with Crippen molar-refractivity contribution in [1.29, 1.82) is 0 Å². The van der Waals surface area contributed by atoms with Gasteiger partial charge in [-0.2, -0.15) is 0 Å². The Morgan fingerprint density at radius 3 is 2.13 bits per heavy atom. The second kappa shape index (κ2) is 6.88. The number of ether oxygens (including phenoxy) is 3. The third-order valence-electron chi connectivity index (χ3n) is 5.52. The second-order valence-corrected chi connectivity index (χ2v) is 7.46. The number of fused-ring (bicyclic) bond motifs is 5. The summed E-state index contributed by atoms with van der Waals surface area (Å²) >= 11 is 0. The Morgan fingerprint density at radius 1 is 1.00 bits per heavy atom. The van der Waals surface area contributed by atoms with Gasteiger partial charge in [-0.3, -0.25) is 24.0 Å². The van der Waals surface area contributed by atoms with Crippen LogP contribution in [0.1, 0.15) is 31.1 Å². The van der Waals surface area contributed by atoms with Crippen molar-refractivity contribution in [3.63, 3.8) is 0 Å². The minimum atomic E-state index is -1.59. The van der Waals surface area contributed by atoms with Crippen LogP contribution in [0.5, 0.6) is 0 Å². The zero-order valence-electron chi connectivity index (χ0n) is 16.5. The molecule has 30 heavy (non-hydrogen) atoms. The van der Waals surface area contributed by atoms with Crippen molar-refractivity contribution in [1.82, 2.24) is 0 Å². The Balaban J connectivity index is 1.71. The fourth-order valence-corrected chi connectivity index (χ4v) is 4.32. The summed E-state index contributed by atoms with van der Waals surface area (Å²) in [5.41, 5.74) is -0.826. The summed E-state index contributed by atoms with van der Waals surface area (Å²) in [6.45, 7) is 3.70. The highest BCUT2D eigenvalue weighted by Gasteiger charge is 2.72. The van der Waals surface area contributed by atoms with Gasteiger partial charge in [-0.15, -0.1) is 0 Å². The maximum atomic E-state index is 13.3. The molecule has 3 aliphatic heterocycles. The van der Waals surface area contributed by atoms with Crippen LogP contribution in [0.3, 0.4) is 0 Å². The van der Waals surface area contributed by atoms with E-state index in [1.807, 2.05) is 0 Å². The first-order valence-electron chi connectivity index (χ1n) is 9.36. The van der Waals surface area contributed by atoms with E-state index in [0.29, 0.717) is 11.3 Å². The quantitative estimate of drug-likeness (QED) is 0.232. The molecule has 4 rings (SSSR count). The Bertz CT molecular complexity index is 981. The molecule has 2 bridgehead atoms. The molecule has 9 nitrogen and oxygen atoms in total. The molecule has 0 N–H and O–H groups in total. The van der Waals surface area contributed by atoms with Crippen LogP contribution >= 0.6 is 0 Å². The fraction of sp³-hybridized carbons (Fsp3) is 0.381. The summed E-state index contributed by atoms with van der Waals surface area (Å²) in [7, 11) is 0. The van der Waals surface area contributed by atoms with Gasteiger partial charge >= 0.3 is 11.9 Å². The maximum absolute atomic E-state index is 13.3. The number of rotatable bonds is 5. The molecule has 0 unspecified atom stereocenters. The molecule has 9 heteroatoms. The average Bonchev–Trinajstić information content (AvgIpc) is 3.32. The molecule has 4 atom stereocenters. The van der Waals surface area contributed by atoms with Gasteiger partial charge in [0.1, 0.15) is 0 Å². The van der Waals surface area contributed by atoms with E-state index in [9.17, 15) is 24.0 Å². The lowest BCUT2D eigenvalue weighted by Crippen LogP contribution is -2.52. The molecule has 0 aliphatic carbocycles. The third-order valence-corrected chi connectivity index (χ3v) is 5.52. The summed E-state index contributed by atoms with van der Waals surface area (Å²) < 4.78 is 16.2. The number of esters is 2. The Labute approximate surface area is 171 Å². The molecule has 1 aromatic carbocycles. The normalized spacial score (nSPS) is 28.8. The number of carbonyl (C=O) groups excluding carboxylic acids is 5. The van der Waals surface area contributed by atoms with Crippen molar-refractivity contribution in [2.24, 2.45) is 11.8 Å². The summed E-state index contributed by atoms with van der Waals surface area (Å²) in [4.78, 5) is 62.2. The van der Waals surface area contributed by atoms with Crippen LogP contribution < -0.4 is 4.90 Å².